The summed E-state index contributed by atoms with van der Waals surface area (Å²) in [6, 6.07) is 6.65. The zero-order valence-corrected chi connectivity index (χ0v) is 25.6. The molecular weight excluding hydrogens is 557 g/mol. The fourth-order valence-corrected chi connectivity index (χ4v) is 8.22. The molecule has 230 valence electrons. The van der Waals surface area contributed by atoms with Crippen molar-refractivity contribution in [2.45, 2.75) is 83.6 Å². The van der Waals surface area contributed by atoms with Gasteiger partial charge in [-0.05, 0) is 79.5 Å². The number of H-pyrrole nitrogens is 1. The lowest BCUT2D eigenvalue weighted by Gasteiger charge is -2.37. The van der Waals surface area contributed by atoms with Gasteiger partial charge in [0.2, 0.25) is 15.9 Å². The Morgan fingerprint density at radius 3 is 2.40 bits per heavy atom. The third kappa shape index (κ3) is 6.90. The van der Waals surface area contributed by atoms with E-state index in [-0.39, 0.29) is 48.2 Å². The highest BCUT2D eigenvalue weighted by atomic mass is 32.2. The molecule has 5 rings (SSSR count). The SMILES string of the molecule is C[C@H](CF)C1CCC(C(=O)N2CC[C@@H](C3CCCCC3)[C@H]2C(=O)Cc2ccc3[nH]c(C(=O)NS(C)(=O)=O)cc3c2)CC1. The second kappa shape index (κ2) is 12.9. The van der Waals surface area contributed by atoms with E-state index in [9.17, 15) is 27.2 Å². The van der Waals surface area contributed by atoms with Gasteiger partial charge in [0.15, 0.2) is 5.78 Å². The van der Waals surface area contributed by atoms with Gasteiger partial charge in [-0.2, -0.15) is 0 Å². The van der Waals surface area contributed by atoms with Gasteiger partial charge >= 0.3 is 0 Å². The Morgan fingerprint density at radius 1 is 1.02 bits per heavy atom. The molecule has 3 fully saturated rings. The molecule has 3 aliphatic rings. The maximum Gasteiger partial charge on any atom is 0.281 e. The lowest BCUT2D eigenvalue weighted by atomic mass is 9.74. The molecular formula is C32H44FN3O5S. The van der Waals surface area contributed by atoms with Crippen LogP contribution < -0.4 is 4.72 Å². The minimum atomic E-state index is -3.70. The molecule has 2 aliphatic carbocycles. The molecule has 2 aromatic rings. The van der Waals surface area contributed by atoms with Gasteiger partial charge in [-0.15, -0.1) is 0 Å². The second-order valence-corrected chi connectivity index (χ2v) is 14.8. The number of alkyl halides is 1. The zero-order valence-electron chi connectivity index (χ0n) is 24.7. The van der Waals surface area contributed by atoms with Gasteiger partial charge in [-0.1, -0.05) is 45.1 Å². The summed E-state index contributed by atoms with van der Waals surface area (Å²) in [7, 11) is -3.70. The number of ketones is 1. The van der Waals surface area contributed by atoms with E-state index in [4.69, 9.17) is 0 Å². The molecule has 2 amide bonds. The largest absolute Gasteiger partial charge is 0.351 e. The molecule has 42 heavy (non-hydrogen) atoms. The van der Waals surface area contributed by atoms with Crippen LogP contribution in [0.1, 0.15) is 87.2 Å². The van der Waals surface area contributed by atoms with Gasteiger partial charge in [0.05, 0.1) is 19.0 Å². The number of rotatable bonds is 9. The molecule has 2 saturated carbocycles. The Kier molecular flexibility index (Phi) is 9.40. The van der Waals surface area contributed by atoms with Crippen LogP contribution in [0.4, 0.5) is 4.39 Å². The first-order valence-corrected chi connectivity index (χ1v) is 17.5. The summed E-state index contributed by atoms with van der Waals surface area (Å²) in [5.41, 5.74) is 1.59. The summed E-state index contributed by atoms with van der Waals surface area (Å²) in [5.74, 6) is 0.297. The lowest BCUT2D eigenvalue weighted by Crippen LogP contribution is -2.48. The number of nitrogens with zero attached hydrogens (tertiary/aromatic N) is 1. The summed E-state index contributed by atoms with van der Waals surface area (Å²) in [6.07, 6.45) is 11.0. The fourth-order valence-electron chi connectivity index (χ4n) is 7.77. The molecule has 3 atom stereocenters. The number of amides is 2. The van der Waals surface area contributed by atoms with Crippen molar-refractivity contribution in [3.63, 3.8) is 0 Å². The van der Waals surface area contributed by atoms with E-state index in [1.54, 1.807) is 12.1 Å². The van der Waals surface area contributed by atoms with E-state index in [1.807, 2.05) is 28.7 Å². The number of sulfonamides is 1. The van der Waals surface area contributed by atoms with Gasteiger partial charge < -0.3 is 9.88 Å². The van der Waals surface area contributed by atoms with Crippen LogP contribution in [0.3, 0.4) is 0 Å². The number of nitrogens with one attached hydrogen (secondary N) is 2. The van der Waals surface area contributed by atoms with Gasteiger partial charge in [-0.3, -0.25) is 18.8 Å². The van der Waals surface area contributed by atoms with Gasteiger partial charge in [-0.25, -0.2) is 13.1 Å². The van der Waals surface area contributed by atoms with E-state index >= 15 is 0 Å². The van der Waals surface area contributed by atoms with E-state index in [2.05, 4.69) is 4.98 Å². The van der Waals surface area contributed by atoms with Crippen molar-refractivity contribution < 1.29 is 27.2 Å². The summed E-state index contributed by atoms with van der Waals surface area (Å²) < 4.78 is 38.2. The van der Waals surface area contributed by atoms with Crippen LogP contribution in [0.5, 0.6) is 0 Å². The average molecular weight is 602 g/mol. The van der Waals surface area contributed by atoms with Crippen LogP contribution in [0, 0.1) is 29.6 Å². The van der Waals surface area contributed by atoms with Gasteiger partial charge in [0.25, 0.3) is 5.91 Å². The number of benzene rings is 1. The molecule has 0 spiro atoms. The molecule has 1 saturated heterocycles. The number of carbonyl (C=O) groups excluding carboxylic acids is 3. The Hall–Kier alpha value is -2.75. The molecule has 0 unspecified atom stereocenters. The van der Waals surface area contributed by atoms with Crippen LogP contribution in [-0.4, -0.2) is 61.4 Å². The number of aromatic nitrogens is 1. The summed E-state index contributed by atoms with van der Waals surface area (Å²) >= 11 is 0. The van der Waals surface area contributed by atoms with Crippen LogP contribution >= 0.6 is 0 Å². The standard InChI is InChI=1S/C32H44FN3O5S/c1-20(19-33)22-9-11-24(12-10-22)32(39)36-15-14-26(23-6-4-3-5-7-23)30(36)29(37)17-21-8-13-27-25(16-21)18-28(34-27)31(38)35-42(2,40)41/h8,13,16,18,20,22-24,26,30,34H,3-7,9-12,14-15,17,19H2,1-2H3,(H,35,38)/t20-,22?,24?,26+,30+/m1/s1. The first-order valence-electron chi connectivity index (χ1n) is 15.6. The third-order valence-corrected chi connectivity index (χ3v) is 10.6. The average Bonchev–Trinajstić information content (AvgIpc) is 3.61. The summed E-state index contributed by atoms with van der Waals surface area (Å²) in [5, 5.41) is 0.710. The van der Waals surface area contributed by atoms with Crippen molar-refractivity contribution in [2.75, 3.05) is 19.5 Å². The normalized spacial score (nSPS) is 26.3. The number of carbonyl (C=O) groups is 3. The quantitative estimate of drug-likeness (QED) is 0.411. The maximum absolute atomic E-state index is 14.1. The van der Waals surface area contributed by atoms with E-state index in [1.165, 1.54) is 19.3 Å². The van der Waals surface area contributed by atoms with Gasteiger partial charge in [0.1, 0.15) is 5.69 Å². The van der Waals surface area contributed by atoms with Crippen molar-refractivity contribution in [3.05, 3.63) is 35.5 Å². The Labute approximate surface area is 248 Å². The number of hydrogen-bond donors (Lipinski definition) is 2. The Morgan fingerprint density at radius 2 is 1.74 bits per heavy atom. The van der Waals surface area contributed by atoms with E-state index in [0.29, 0.717) is 29.3 Å². The highest BCUT2D eigenvalue weighted by molar-refractivity contribution is 7.89. The van der Waals surface area contributed by atoms with Crippen molar-refractivity contribution >= 4 is 38.5 Å². The number of likely N-dealkylation sites (tertiary alicyclic amines) is 1. The number of fused-ring (bicyclic) bond motifs is 1. The first-order chi connectivity index (χ1) is 20.0. The van der Waals surface area contributed by atoms with Crippen molar-refractivity contribution in [1.29, 1.82) is 0 Å². The first kappa shape index (κ1) is 30.7. The topological polar surface area (TPSA) is 116 Å². The number of hydrogen-bond acceptors (Lipinski definition) is 5. The lowest BCUT2D eigenvalue weighted by molar-refractivity contribution is -0.143. The van der Waals surface area contributed by atoms with Gasteiger partial charge in [0, 0.05) is 29.8 Å². The maximum atomic E-state index is 14.1. The number of Topliss-reactive ketones (excluding diaryl/α,β-unsaturated/α-hetero) is 1. The molecule has 2 heterocycles. The third-order valence-electron chi connectivity index (χ3n) is 10.1. The van der Waals surface area contributed by atoms with Crippen LogP contribution in [0.15, 0.2) is 24.3 Å². The smallest absolute Gasteiger partial charge is 0.281 e. The Bertz CT molecular complexity index is 1410. The minimum absolute atomic E-state index is 0.0281. The van der Waals surface area contributed by atoms with E-state index in [0.717, 1.165) is 56.8 Å². The van der Waals surface area contributed by atoms with Crippen LogP contribution in [-0.2, 0) is 26.0 Å². The monoisotopic (exact) mass is 601 g/mol. The predicted molar refractivity (Wildman–Crippen MR) is 160 cm³/mol. The van der Waals surface area contributed by atoms with Crippen LogP contribution in [0.2, 0.25) is 0 Å². The van der Waals surface area contributed by atoms with Crippen molar-refractivity contribution in [2.24, 2.45) is 29.6 Å². The molecule has 10 heteroatoms. The molecule has 0 radical (unpaired) electrons. The molecule has 0 bridgehead atoms. The summed E-state index contributed by atoms with van der Waals surface area (Å²) in [6.45, 7) is 2.25. The van der Waals surface area contributed by atoms with Crippen molar-refractivity contribution in [1.82, 2.24) is 14.6 Å². The van der Waals surface area contributed by atoms with Crippen LogP contribution in [0.25, 0.3) is 10.9 Å². The Balaban J connectivity index is 1.33. The second-order valence-electron chi connectivity index (χ2n) is 13.0. The minimum Gasteiger partial charge on any atom is -0.351 e. The van der Waals surface area contributed by atoms with Crippen molar-refractivity contribution in [3.8, 4) is 0 Å². The highest BCUT2D eigenvalue weighted by Crippen LogP contribution is 2.42. The number of aromatic amines is 1. The fraction of sp³-hybridized carbons (Fsp3) is 0.656. The zero-order chi connectivity index (χ0) is 30.0. The molecule has 8 nitrogen and oxygen atoms in total. The molecule has 1 aromatic heterocycles. The highest BCUT2D eigenvalue weighted by Gasteiger charge is 2.46. The molecule has 1 aliphatic heterocycles. The molecule has 2 N–H and O–H groups in total. The van der Waals surface area contributed by atoms with E-state index < -0.39 is 22.0 Å². The number of halogens is 1. The molecule has 1 aromatic carbocycles. The summed E-state index contributed by atoms with van der Waals surface area (Å²) in [4.78, 5) is 45.1. The predicted octanol–water partition coefficient (Wildman–Crippen LogP) is 5.18.